The predicted molar refractivity (Wildman–Crippen MR) is 301 cm³/mol. The number of fused-ring (bicyclic) bond motifs is 14. The topological polar surface area (TPSA) is 315 Å². The monoisotopic (exact) mass is 1180 g/mol. The highest BCUT2D eigenvalue weighted by atomic mass is 32.1. The molecule has 0 saturated carbocycles. The Morgan fingerprint density at radius 2 is 1.44 bits per heavy atom. The van der Waals surface area contributed by atoms with Crippen LogP contribution in [0.4, 0.5) is 0 Å². The highest BCUT2D eigenvalue weighted by Crippen LogP contribution is 2.40. The molecule has 28 heteroatoms. The molecular formula is C51H51N13O9S6. The number of aryl methyl sites for hydroxylation is 1. The number of nitrogens with one attached hydrogen (secondary N) is 6. The second-order valence-corrected chi connectivity index (χ2v) is 23.8. The van der Waals surface area contributed by atoms with Gasteiger partial charge in [-0.1, -0.05) is 44.2 Å². The van der Waals surface area contributed by atoms with E-state index in [0.717, 1.165) is 11.3 Å². The van der Waals surface area contributed by atoms with Crippen LogP contribution in [0.3, 0.4) is 0 Å². The average Bonchev–Trinajstić information content (AvgIpc) is 4.53. The molecule has 7 aromatic heterocycles. The van der Waals surface area contributed by atoms with E-state index < -0.39 is 66.2 Å². The molecule has 8 N–H and O–H groups in total. The largest absolute Gasteiger partial charge is 0.396 e. The van der Waals surface area contributed by atoms with Gasteiger partial charge < -0.3 is 46.9 Å². The Kier molecular flexibility index (Phi) is 18.1. The van der Waals surface area contributed by atoms with Crippen molar-refractivity contribution in [3.8, 4) is 43.4 Å². The Bertz CT molecular complexity index is 3530. The number of amides is 6. The summed E-state index contributed by atoms with van der Waals surface area (Å²) in [6.07, 6.45) is -1.10. The zero-order valence-corrected chi connectivity index (χ0v) is 47.7. The smallest absolute Gasteiger partial charge is 0.271 e. The molecule has 10 bridgehead atoms. The van der Waals surface area contributed by atoms with Crippen LogP contribution in [0.1, 0.15) is 123 Å². The van der Waals surface area contributed by atoms with Crippen LogP contribution in [0.25, 0.3) is 43.4 Å². The van der Waals surface area contributed by atoms with E-state index >= 15 is 0 Å². The number of benzene rings is 1. The molecule has 4 atom stereocenters. The third-order valence-electron chi connectivity index (χ3n) is 12.1. The van der Waals surface area contributed by atoms with Crippen molar-refractivity contribution in [2.24, 2.45) is 5.92 Å². The standard InChI is InChI=1S/C51H51N13O9S6/c1-23(2)36-51-64-39(33(79-51)18-73-5)44(71)54-17-35(67)61-40(41(68)25-10-7-6-8-11-25)50-60-32(22-77-50)48-57-29(19-75-48)38-26(12-13-27(55-38)47-59-30(20-76-47)42(69)53-14-9-15-65)46-58-31(21-74-46)43(70)56-28(16-34(66)52-4)49-63-37(24(3)78-49)45(72)62-36/h6-8,10-13,19-23,28,36,40-41,65,68H,9,14-18H2,1-5H3,(H,52,66)(H,53,69)(H,54,71)(H,56,70)(H,61,67)(H,62,72). The number of carbonyl (C=O) groups excluding carboxylic acids is 6. The van der Waals surface area contributed by atoms with Crippen molar-refractivity contribution < 1.29 is 43.7 Å². The minimum atomic E-state index is -1.27. The molecule has 0 spiro atoms. The minimum Gasteiger partial charge on any atom is -0.396 e. The van der Waals surface area contributed by atoms with Crippen molar-refractivity contribution in [1.82, 2.24) is 66.8 Å². The van der Waals surface area contributed by atoms with Crippen molar-refractivity contribution in [3.63, 3.8) is 0 Å². The molecule has 0 aliphatic carbocycles. The van der Waals surface area contributed by atoms with Crippen molar-refractivity contribution in [1.29, 1.82) is 0 Å². The maximum atomic E-state index is 14.2. The zero-order chi connectivity index (χ0) is 55.9. The van der Waals surface area contributed by atoms with Crippen LogP contribution < -0.4 is 31.9 Å². The van der Waals surface area contributed by atoms with E-state index in [2.05, 4.69) is 46.9 Å². The van der Waals surface area contributed by atoms with Gasteiger partial charge in [0.05, 0.1) is 42.2 Å². The van der Waals surface area contributed by atoms with E-state index in [1.807, 2.05) is 13.8 Å². The minimum absolute atomic E-state index is 0.000527. The number of ether oxygens (including phenoxy) is 1. The molecule has 0 saturated heterocycles. The number of rotatable bonds is 12. The van der Waals surface area contributed by atoms with Crippen LogP contribution in [0, 0.1) is 12.8 Å². The van der Waals surface area contributed by atoms with Crippen molar-refractivity contribution in [2.45, 2.75) is 64.4 Å². The van der Waals surface area contributed by atoms with E-state index in [1.165, 1.54) is 70.8 Å². The number of hydrogen-bond acceptors (Lipinski definition) is 22. The Hall–Kier alpha value is -7.15. The highest BCUT2D eigenvalue weighted by Gasteiger charge is 2.33. The van der Waals surface area contributed by atoms with Gasteiger partial charge in [-0.2, -0.15) is 0 Å². The van der Waals surface area contributed by atoms with Gasteiger partial charge in [0, 0.05) is 59.3 Å². The fraction of sp³-hybridized carbons (Fsp3) is 0.314. The first kappa shape index (κ1) is 56.6. The number of methoxy groups -OCH3 is 1. The van der Waals surface area contributed by atoms with Crippen LogP contribution in [0.5, 0.6) is 0 Å². The molecule has 0 fully saturated rings. The van der Waals surface area contributed by atoms with Gasteiger partial charge in [-0.15, -0.1) is 68.0 Å². The number of carbonyl (C=O) groups is 6. The van der Waals surface area contributed by atoms with E-state index in [4.69, 9.17) is 24.7 Å². The first-order chi connectivity index (χ1) is 38.1. The lowest BCUT2D eigenvalue weighted by molar-refractivity contribution is -0.122. The van der Waals surface area contributed by atoms with Gasteiger partial charge in [-0.05, 0) is 37.0 Å². The van der Waals surface area contributed by atoms with E-state index in [0.29, 0.717) is 80.1 Å². The van der Waals surface area contributed by atoms with Crippen molar-refractivity contribution >= 4 is 103 Å². The molecular weight excluding hydrogens is 1130 g/mol. The van der Waals surface area contributed by atoms with Gasteiger partial charge in [0.15, 0.2) is 0 Å². The van der Waals surface area contributed by atoms with Crippen LogP contribution in [-0.2, 0) is 20.9 Å². The maximum absolute atomic E-state index is 14.2. The molecule has 0 radical (unpaired) electrons. The Morgan fingerprint density at radius 1 is 0.722 bits per heavy atom. The van der Waals surface area contributed by atoms with Gasteiger partial charge in [0.1, 0.15) is 82.0 Å². The Balaban J connectivity index is 1.13. The van der Waals surface area contributed by atoms with Gasteiger partial charge >= 0.3 is 0 Å². The summed E-state index contributed by atoms with van der Waals surface area (Å²) >= 11 is 7.16. The highest BCUT2D eigenvalue weighted by molar-refractivity contribution is 7.15. The van der Waals surface area contributed by atoms with E-state index in [1.54, 1.807) is 70.9 Å². The van der Waals surface area contributed by atoms with Gasteiger partial charge in [-0.25, -0.2) is 34.9 Å². The van der Waals surface area contributed by atoms with Crippen molar-refractivity contribution in [2.75, 3.05) is 33.9 Å². The molecule has 1 aliphatic heterocycles. The summed E-state index contributed by atoms with van der Waals surface area (Å²) < 4.78 is 5.44. The molecule has 1 aliphatic rings. The van der Waals surface area contributed by atoms with Gasteiger partial charge in [-0.3, -0.25) is 28.8 Å². The third kappa shape index (κ3) is 13.0. The number of aliphatic hydroxyl groups excluding tert-OH is 2. The molecule has 6 amide bonds. The van der Waals surface area contributed by atoms with Crippen LogP contribution in [0.15, 0.2) is 64.0 Å². The molecule has 8 aromatic rings. The first-order valence-corrected chi connectivity index (χ1v) is 29.6. The van der Waals surface area contributed by atoms with Gasteiger partial charge in [0.25, 0.3) is 23.6 Å². The Morgan fingerprint density at radius 3 is 2.20 bits per heavy atom. The number of hydrogen-bond donors (Lipinski definition) is 8. The lowest BCUT2D eigenvalue weighted by Gasteiger charge is -2.23. The summed E-state index contributed by atoms with van der Waals surface area (Å²) in [6.45, 7) is 5.16. The second-order valence-electron chi connectivity index (χ2n) is 18.0. The van der Waals surface area contributed by atoms with Crippen molar-refractivity contribution in [3.05, 3.63) is 117 Å². The second kappa shape index (κ2) is 25.3. The normalized spacial score (nSPS) is 16.6. The molecule has 1 aromatic carbocycles. The molecule has 79 heavy (non-hydrogen) atoms. The van der Waals surface area contributed by atoms with Crippen LogP contribution in [0.2, 0.25) is 0 Å². The number of aromatic nitrogens is 7. The molecule has 22 nitrogen and oxygen atoms in total. The lowest BCUT2D eigenvalue weighted by Crippen LogP contribution is -2.40. The number of thiazole rings is 6. The van der Waals surface area contributed by atoms with E-state index in [-0.39, 0.29) is 54.9 Å². The summed E-state index contributed by atoms with van der Waals surface area (Å²) in [5.41, 5.74) is 2.90. The molecule has 4 unspecified atom stereocenters. The molecule has 9 rings (SSSR count). The number of pyridine rings is 1. The zero-order valence-electron chi connectivity index (χ0n) is 42.8. The average molecular weight is 1180 g/mol. The summed E-state index contributed by atoms with van der Waals surface area (Å²) in [6, 6.07) is 9.50. The molecule has 410 valence electrons. The summed E-state index contributed by atoms with van der Waals surface area (Å²) in [7, 11) is 2.94. The lowest BCUT2D eigenvalue weighted by atomic mass is 10.0. The van der Waals surface area contributed by atoms with E-state index in [9.17, 15) is 39.0 Å². The maximum Gasteiger partial charge on any atom is 0.271 e. The SMILES string of the molecule is CNC(=O)CC1NC(=O)c2csc(n2)-c2ccc(-c3nc(C(=O)NCCCO)cs3)nc2-c2csc(n2)-c2csc(n2)C(C(O)c2ccccc2)NC(=O)CNC(=O)c2nc(sc2COC)C(C(C)C)NC(=O)c2nc1sc2C. The van der Waals surface area contributed by atoms with Crippen LogP contribution in [-0.4, -0.2) is 114 Å². The summed E-state index contributed by atoms with van der Waals surface area (Å²) in [5, 5.41) is 47.0. The quantitative estimate of drug-likeness (QED) is 0.0612. The third-order valence-corrected chi connectivity index (χ3v) is 17.8. The number of nitrogens with zero attached hydrogens (tertiary/aromatic N) is 7. The Labute approximate surface area is 475 Å². The first-order valence-electron chi connectivity index (χ1n) is 24.4. The van der Waals surface area contributed by atoms with Crippen LogP contribution >= 0.6 is 68.0 Å². The van der Waals surface area contributed by atoms with Gasteiger partial charge in [0.2, 0.25) is 11.8 Å². The molecule has 8 heterocycles. The fourth-order valence-corrected chi connectivity index (χ4v) is 13.6. The number of aliphatic hydroxyl groups is 2. The summed E-state index contributed by atoms with van der Waals surface area (Å²) in [5.74, 6) is -3.52. The fourth-order valence-electron chi connectivity index (χ4n) is 8.06. The predicted octanol–water partition coefficient (Wildman–Crippen LogP) is 6.42. The summed E-state index contributed by atoms with van der Waals surface area (Å²) in [4.78, 5) is 117.